The first-order chi connectivity index (χ1) is 8.60. The lowest BCUT2D eigenvalue weighted by molar-refractivity contribution is -0.118. The van der Waals surface area contributed by atoms with Crippen molar-refractivity contribution in [1.82, 2.24) is 0 Å². The lowest BCUT2D eigenvalue weighted by atomic mass is 10.1. The minimum Gasteiger partial charge on any atom is -0.325 e. The molecule has 0 saturated heterocycles. The molecule has 0 fully saturated rings. The number of nitriles is 1. The van der Waals surface area contributed by atoms with E-state index in [-0.39, 0.29) is 17.9 Å². The molecule has 2 rings (SSSR count). The van der Waals surface area contributed by atoms with Crippen LogP contribution in [0.15, 0.2) is 30.4 Å². The van der Waals surface area contributed by atoms with Gasteiger partial charge in [0.05, 0.1) is 17.6 Å². The molecule has 2 atom stereocenters. The second-order valence-corrected chi connectivity index (χ2v) is 4.52. The topological polar surface area (TPSA) is 78.9 Å². The number of anilines is 1. The molecule has 2 unspecified atom stereocenters. The molecule has 0 radical (unpaired) electrons. The molecule has 0 aromatic heterocycles. The van der Waals surface area contributed by atoms with Crippen molar-refractivity contribution in [3.63, 3.8) is 0 Å². The number of rotatable bonds is 2. The molecule has 0 aliphatic heterocycles. The van der Waals surface area contributed by atoms with Gasteiger partial charge in [-0.05, 0) is 31.0 Å². The summed E-state index contributed by atoms with van der Waals surface area (Å²) in [6.45, 7) is 1.90. The van der Waals surface area contributed by atoms with Gasteiger partial charge in [0, 0.05) is 11.7 Å². The molecule has 1 aromatic rings. The van der Waals surface area contributed by atoms with Crippen LogP contribution in [0.1, 0.15) is 17.5 Å². The van der Waals surface area contributed by atoms with Crippen molar-refractivity contribution >= 4 is 11.6 Å². The summed E-state index contributed by atoms with van der Waals surface area (Å²) in [6, 6.07) is 7.27. The van der Waals surface area contributed by atoms with Crippen LogP contribution < -0.4 is 11.1 Å². The molecule has 4 heteroatoms. The van der Waals surface area contributed by atoms with E-state index in [0.717, 1.165) is 5.56 Å². The maximum Gasteiger partial charge on any atom is 0.231 e. The summed E-state index contributed by atoms with van der Waals surface area (Å²) in [5.41, 5.74) is 7.89. The monoisotopic (exact) mass is 241 g/mol. The van der Waals surface area contributed by atoms with Crippen LogP contribution in [-0.2, 0) is 4.79 Å². The molecule has 0 heterocycles. The summed E-state index contributed by atoms with van der Waals surface area (Å²) in [4.78, 5) is 12.0. The number of carbonyl (C=O) groups excluding carboxylic acids is 1. The molecule has 3 N–H and O–H groups in total. The van der Waals surface area contributed by atoms with Gasteiger partial charge in [0.15, 0.2) is 0 Å². The second-order valence-electron chi connectivity index (χ2n) is 4.52. The molecule has 18 heavy (non-hydrogen) atoms. The molecule has 0 spiro atoms. The summed E-state index contributed by atoms with van der Waals surface area (Å²) in [6.07, 6.45) is 4.33. The average molecular weight is 241 g/mol. The third-order valence-electron chi connectivity index (χ3n) is 3.08. The van der Waals surface area contributed by atoms with Crippen molar-refractivity contribution in [2.75, 3.05) is 5.32 Å². The van der Waals surface area contributed by atoms with E-state index in [9.17, 15) is 4.79 Å². The van der Waals surface area contributed by atoms with E-state index in [1.807, 2.05) is 25.1 Å². The summed E-state index contributed by atoms with van der Waals surface area (Å²) < 4.78 is 0. The van der Waals surface area contributed by atoms with Gasteiger partial charge < -0.3 is 11.1 Å². The van der Waals surface area contributed by atoms with E-state index in [2.05, 4.69) is 11.4 Å². The Bertz CT molecular complexity index is 542. The Labute approximate surface area is 106 Å². The number of amides is 1. The minimum absolute atomic E-state index is 0.0349. The van der Waals surface area contributed by atoms with Gasteiger partial charge in [-0.1, -0.05) is 18.2 Å². The SMILES string of the molecule is Cc1ccc(C#N)cc1NC(=O)C1C=CC(N)C1. The Morgan fingerprint density at radius 2 is 2.28 bits per heavy atom. The van der Waals surface area contributed by atoms with Gasteiger partial charge in [-0.2, -0.15) is 5.26 Å². The van der Waals surface area contributed by atoms with Crippen LogP contribution >= 0.6 is 0 Å². The zero-order valence-electron chi connectivity index (χ0n) is 10.2. The van der Waals surface area contributed by atoms with Crippen LogP contribution in [0.4, 0.5) is 5.69 Å². The summed E-state index contributed by atoms with van der Waals surface area (Å²) in [5.74, 6) is -0.248. The van der Waals surface area contributed by atoms with Gasteiger partial charge in [0.1, 0.15) is 0 Å². The van der Waals surface area contributed by atoms with Crippen molar-refractivity contribution in [3.05, 3.63) is 41.5 Å². The lowest BCUT2D eigenvalue weighted by Crippen LogP contribution is -2.24. The highest BCUT2D eigenvalue weighted by atomic mass is 16.1. The molecule has 1 aliphatic rings. The zero-order chi connectivity index (χ0) is 13.1. The van der Waals surface area contributed by atoms with Crippen molar-refractivity contribution in [2.24, 2.45) is 11.7 Å². The van der Waals surface area contributed by atoms with Crippen molar-refractivity contribution in [3.8, 4) is 6.07 Å². The number of aryl methyl sites for hydroxylation is 1. The van der Waals surface area contributed by atoms with Crippen LogP contribution in [0.5, 0.6) is 0 Å². The number of benzene rings is 1. The van der Waals surface area contributed by atoms with Gasteiger partial charge in [0.25, 0.3) is 0 Å². The Kier molecular flexibility index (Phi) is 3.45. The number of nitrogens with one attached hydrogen (secondary N) is 1. The predicted molar refractivity (Wildman–Crippen MR) is 69.7 cm³/mol. The van der Waals surface area contributed by atoms with Crippen LogP contribution in [0, 0.1) is 24.2 Å². The first-order valence-electron chi connectivity index (χ1n) is 5.85. The molecule has 1 aromatic carbocycles. The van der Waals surface area contributed by atoms with Crippen LogP contribution in [0.3, 0.4) is 0 Å². The van der Waals surface area contributed by atoms with Gasteiger partial charge in [0.2, 0.25) is 5.91 Å². The lowest BCUT2D eigenvalue weighted by Gasteiger charge is -2.12. The third-order valence-corrected chi connectivity index (χ3v) is 3.08. The smallest absolute Gasteiger partial charge is 0.231 e. The van der Waals surface area contributed by atoms with Gasteiger partial charge >= 0.3 is 0 Å². The molecule has 1 aliphatic carbocycles. The Hall–Kier alpha value is -2.12. The van der Waals surface area contributed by atoms with Crippen LogP contribution in [-0.4, -0.2) is 11.9 Å². The quantitative estimate of drug-likeness (QED) is 0.773. The highest BCUT2D eigenvalue weighted by Gasteiger charge is 2.22. The van der Waals surface area contributed by atoms with Gasteiger partial charge in [-0.3, -0.25) is 4.79 Å². The molecular formula is C14H15N3O. The fourth-order valence-electron chi connectivity index (χ4n) is 1.97. The summed E-state index contributed by atoms with van der Waals surface area (Å²) >= 11 is 0. The van der Waals surface area contributed by atoms with Crippen molar-refractivity contribution < 1.29 is 4.79 Å². The summed E-state index contributed by atoms with van der Waals surface area (Å²) in [5, 5.41) is 11.7. The maximum absolute atomic E-state index is 12.0. The molecule has 0 saturated carbocycles. The van der Waals surface area contributed by atoms with Gasteiger partial charge in [-0.25, -0.2) is 0 Å². The first-order valence-corrected chi connectivity index (χ1v) is 5.85. The predicted octanol–water partition coefficient (Wildman–Crippen LogP) is 1.71. The van der Waals surface area contributed by atoms with E-state index in [4.69, 9.17) is 11.0 Å². The molecule has 0 bridgehead atoms. The second kappa shape index (κ2) is 5.03. The van der Waals surface area contributed by atoms with Crippen LogP contribution in [0.2, 0.25) is 0 Å². The van der Waals surface area contributed by atoms with Crippen LogP contribution in [0.25, 0.3) is 0 Å². The Balaban J connectivity index is 2.12. The number of hydrogen-bond acceptors (Lipinski definition) is 3. The first kappa shape index (κ1) is 12.3. The highest BCUT2D eigenvalue weighted by molar-refractivity contribution is 5.94. The number of nitrogens with two attached hydrogens (primary N) is 1. The van der Waals surface area contributed by atoms with E-state index in [1.165, 1.54) is 0 Å². The van der Waals surface area contributed by atoms with E-state index in [0.29, 0.717) is 17.7 Å². The maximum atomic E-state index is 12.0. The average Bonchev–Trinajstić information content (AvgIpc) is 2.79. The Morgan fingerprint density at radius 3 is 2.89 bits per heavy atom. The van der Waals surface area contributed by atoms with Crippen molar-refractivity contribution in [2.45, 2.75) is 19.4 Å². The molecule has 1 amide bonds. The van der Waals surface area contributed by atoms with Crippen molar-refractivity contribution in [1.29, 1.82) is 5.26 Å². The number of carbonyl (C=O) groups is 1. The number of nitrogens with zero attached hydrogens (tertiary/aromatic N) is 1. The highest BCUT2D eigenvalue weighted by Crippen LogP contribution is 2.21. The third kappa shape index (κ3) is 2.58. The Morgan fingerprint density at radius 1 is 1.50 bits per heavy atom. The normalized spacial score (nSPS) is 21.6. The molecule has 4 nitrogen and oxygen atoms in total. The fraction of sp³-hybridized carbons (Fsp3) is 0.286. The van der Waals surface area contributed by atoms with E-state index < -0.39 is 0 Å². The minimum atomic E-state index is -0.176. The largest absolute Gasteiger partial charge is 0.325 e. The van der Waals surface area contributed by atoms with E-state index >= 15 is 0 Å². The molecular weight excluding hydrogens is 226 g/mol. The van der Waals surface area contributed by atoms with Gasteiger partial charge in [-0.15, -0.1) is 0 Å². The van der Waals surface area contributed by atoms with E-state index in [1.54, 1.807) is 12.1 Å². The summed E-state index contributed by atoms with van der Waals surface area (Å²) in [7, 11) is 0. The number of hydrogen-bond donors (Lipinski definition) is 2. The fourth-order valence-corrected chi connectivity index (χ4v) is 1.97. The standard InChI is InChI=1S/C14H15N3O/c1-9-2-3-10(8-15)6-13(9)17-14(18)11-4-5-12(16)7-11/h2-6,11-12H,7,16H2,1H3,(H,17,18). The zero-order valence-corrected chi connectivity index (χ0v) is 10.2. The molecule has 92 valence electrons.